The lowest BCUT2D eigenvalue weighted by Crippen LogP contribution is -2.31. The van der Waals surface area contributed by atoms with Crippen molar-refractivity contribution in [1.29, 1.82) is 0 Å². The molecule has 7 nitrogen and oxygen atoms in total. The minimum absolute atomic E-state index is 0.0629. The second-order valence-electron chi connectivity index (χ2n) is 7.01. The molecule has 2 aromatic carbocycles. The van der Waals surface area contributed by atoms with Crippen molar-refractivity contribution in [1.82, 2.24) is 9.97 Å². The van der Waals surface area contributed by atoms with Crippen molar-refractivity contribution < 1.29 is 13.2 Å². The Hall–Kier alpha value is -2.91. The Morgan fingerprint density at radius 3 is 2.73 bits per heavy atom. The van der Waals surface area contributed by atoms with E-state index < -0.39 is 10.0 Å². The van der Waals surface area contributed by atoms with E-state index in [1.165, 1.54) is 17.5 Å². The summed E-state index contributed by atoms with van der Waals surface area (Å²) in [4.78, 5) is 21.1. The van der Waals surface area contributed by atoms with E-state index in [2.05, 4.69) is 15.3 Å². The number of nitrogens with one attached hydrogen (secondary N) is 1. The summed E-state index contributed by atoms with van der Waals surface area (Å²) in [6.45, 7) is 3.90. The largest absolute Gasteiger partial charge is 0.325 e. The summed E-state index contributed by atoms with van der Waals surface area (Å²) in [6, 6.07) is 13.1. The van der Waals surface area contributed by atoms with Gasteiger partial charge < -0.3 is 5.32 Å². The predicted octanol–water partition coefficient (Wildman–Crippen LogP) is 3.63. The van der Waals surface area contributed by atoms with Gasteiger partial charge in [0.2, 0.25) is 5.91 Å². The van der Waals surface area contributed by atoms with E-state index in [1.54, 1.807) is 12.1 Å². The molecule has 0 unspecified atom stereocenters. The molecule has 0 spiro atoms. The molecule has 154 valence electrons. The smallest absolute Gasteiger partial charge is 0.267 e. The number of carbonyl (C=O) groups excluding carboxylic acids is 1. The maximum Gasteiger partial charge on any atom is 0.267 e. The van der Waals surface area contributed by atoms with Crippen molar-refractivity contribution >= 4 is 39.1 Å². The lowest BCUT2D eigenvalue weighted by atomic mass is 10.1. The number of hydrogen-bond donors (Lipinski definition) is 1. The molecule has 0 atom stereocenters. The first-order chi connectivity index (χ1) is 14.3. The number of fused-ring (bicyclic) bond motifs is 3. The lowest BCUT2D eigenvalue weighted by Gasteiger charge is -2.28. The van der Waals surface area contributed by atoms with Crippen LogP contribution < -0.4 is 9.62 Å². The fourth-order valence-corrected chi connectivity index (χ4v) is 5.13. The van der Waals surface area contributed by atoms with Crippen LogP contribution in [-0.4, -0.2) is 37.1 Å². The Labute approximate surface area is 179 Å². The minimum Gasteiger partial charge on any atom is -0.325 e. The van der Waals surface area contributed by atoms with Gasteiger partial charge >= 0.3 is 0 Å². The summed E-state index contributed by atoms with van der Waals surface area (Å²) in [7, 11) is -2.20. The van der Waals surface area contributed by atoms with Crippen LogP contribution in [0.1, 0.15) is 11.1 Å². The number of aromatic nitrogens is 2. The summed E-state index contributed by atoms with van der Waals surface area (Å²) in [5.41, 5.74) is 4.45. The number of sulfonamides is 1. The normalized spacial score (nSPS) is 14.0. The van der Waals surface area contributed by atoms with E-state index in [0.717, 1.165) is 28.6 Å². The van der Waals surface area contributed by atoms with Gasteiger partial charge in [-0.3, -0.25) is 9.10 Å². The van der Waals surface area contributed by atoms with Crippen molar-refractivity contribution in [2.24, 2.45) is 0 Å². The second-order valence-corrected chi connectivity index (χ2v) is 9.89. The number of anilines is 2. The SMILES string of the molecule is Cc1ccc(C)c(NC(=O)CSc2ncc3c(n2)-c2ccccc2N(C)S3(=O)=O)c1. The Morgan fingerprint density at radius 1 is 1.17 bits per heavy atom. The third-order valence-electron chi connectivity index (χ3n) is 4.87. The molecule has 0 radical (unpaired) electrons. The first kappa shape index (κ1) is 20.4. The van der Waals surface area contributed by atoms with Crippen LogP contribution in [0, 0.1) is 13.8 Å². The predicted molar refractivity (Wildman–Crippen MR) is 118 cm³/mol. The quantitative estimate of drug-likeness (QED) is 0.492. The third kappa shape index (κ3) is 3.66. The molecule has 2 heterocycles. The summed E-state index contributed by atoms with van der Waals surface area (Å²) < 4.78 is 26.8. The fraction of sp³-hybridized carbons (Fsp3) is 0.190. The van der Waals surface area contributed by atoms with Crippen LogP contribution in [0.4, 0.5) is 11.4 Å². The Balaban J connectivity index is 1.57. The van der Waals surface area contributed by atoms with Crippen LogP contribution in [0.2, 0.25) is 0 Å². The van der Waals surface area contributed by atoms with Gasteiger partial charge in [-0.15, -0.1) is 0 Å². The van der Waals surface area contributed by atoms with Gasteiger partial charge in [-0.25, -0.2) is 18.4 Å². The zero-order valence-electron chi connectivity index (χ0n) is 16.7. The van der Waals surface area contributed by atoms with Gasteiger partial charge in [0.15, 0.2) is 5.16 Å². The molecule has 4 rings (SSSR count). The molecular formula is C21H20N4O3S2. The molecule has 3 aromatic rings. The average molecular weight is 441 g/mol. The van der Waals surface area contributed by atoms with Gasteiger partial charge in [0.25, 0.3) is 10.0 Å². The first-order valence-corrected chi connectivity index (χ1v) is 11.7. The first-order valence-electron chi connectivity index (χ1n) is 9.22. The highest BCUT2D eigenvalue weighted by molar-refractivity contribution is 7.99. The van der Waals surface area contributed by atoms with E-state index in [-0.39, 0.29) is 16.6 Å². The molecule has 1 aromatic heterocycles. The lowest BCUT2D eigenvalue weighted by molar-refractivity contribution is -0.113. The highest BCUT2D eigenvalue weighted by atomic mass is 32.2. The van der Waals surface area contributed by atoms with Gasteiger partial charge in [0.05, 0.1) is 23.3 Å². The van der Waals surface area contributed by atoms with Gasteiger partial charge in [-0.05, 0) is 37.1 Å². The highest BCUT2D eigenvalue weighted by Gasteiger charge is 2.34. The molecule has 30 heavy (non-hydrogen) atoms. The Bertz CT molecular complexity index is 1260. The van der Waals surface area contributed by atoms with Gasteiger partial charge in [0, 0.05) is 18.3 Å². The van der Waals surface area contributed by atoms with Crippen LogP contribution in [0.5, 0.6) is 0 Å². The van der Waals surface area contributed by atoms with Gasteiger partial charge in [-0.2, -0.15) is 0 Å². The summed E-state index contributed by atoms with van der Waals surface area (Å²) in [5, 5.41) is 3.25. The van der Waals surface area contributed by atoms with E-state index in [9.17, 15) is 13.2 Å². The highest BCUT2D eigenvalue weighted by Crippen LogP contribution is 2.41. The van der Waals surface area contributed by atoms with Crippen molar-refractivity contribution in [2.75, 3.05) is 22.4 Å². The van der Waals surface area contributed by atoms with Crippen molar-refractivity contribution in [3.8, 4) is 11.3 Å². The summed E-state index contributed by atoms with van der Waals surface area (Å²) >= 11 is 1.16. The van der Waals surface area contributed by atoms with Crippen molar-refractivity contribution in [3.63, 3.8) is 0 Å². The number of rotatable bonds is 4. The molecule has 0 bridgehead atoms. The van der Waals surface area contributed by atoms with Crippen molar-refractivity contribution in [3.05, 3.63) is 59.8 Å². The maximum absolute atomic E-state index is 12.8. The Kier molecular flexibility index (Phi) is 5.25. The zero-order chi connectivity index (χ0) is 21.5. The summed E-state index contributed by atoms with van der Waals surface area (Å²) in [6.07, 6.45) is 1.31. The topological polar surface area (TPSA) is 92.3 Å². The molecule has 0 aliphatic carbocycles. The molecule has 0 saturated heterocycles. The molecule has 1 N–H and O–H groups in total. The van der Waals surface area contributed by atoms with E-state index >= 15 is 0 Å². The maximum atomic E-state index is 12.8. The zero-order valence-corrected chi connectivity index (χ0v) is 18.3. The van der Waals surface area contributed by atoms with Crippen LogP contribution in [-0.2, 0) is 14.8 Å². The van der Waals surface area contributed by atoms with E-state index in [1.807, 2.05) is 44.2 Å². The molecular weight excluding hydrogens is 420 g/mol. The standard InChI is InChI=1S/C21H20N4O3S2/c1-13-8-9-14(2)16(10-13)23-19(26)12-29-21-22-11-18-20(24-21)15-6-4-5-7-17(15)25(3)30(18,27)28/h4-11H,12H2,1-3H3,(H,23,26). The van der Waals surface area contributed by atoms with Crippen molar-refractivity contribution in [2.45, 2.75) is 23.9 Å². The number of hydrogen-bond acceptors (Lipinski definition) is 6. The number of nitrogens with zero attached hydrogens (tertiary/aromatic N) is 3. The van der Waals surface area contributed by atoms with Crippen LogP contribution >= 0.6 is 11.8 Å². The van der Waals surface area contributed by atoms with Crippen LogP contribution in [0.15, 0.2) is 58.7 Å². The number of amides is 1. The Morgan fingerprint density at radius 2 is 1.93 bits per heavy atom. The average Bonchev–Trinajstić information content (AvgIpc) is 2.73. The number of carbonyl (C=O) groups is 1. The minimum atomic E-state index is -3.71. The number of benzene rings is 2. The third-order valence-corrected chi connectivity index (χ3v) is 7.50. The molecule has 0 fully saturated rings. The second kappa shape index (κ2) is 7.73. The van der Waals surface area contributed by atoms with Crippen LogP contribution in [0.3, 0.4) is 0 Å². The summed E-state index contributed by atoms with van der Waals surface area (Å²) in [5.74, 6) is -0.0664. The molecule has 1 amide bonds. The molecule has 1 aliphatic rings. The van der Waals surface area contributed by atoms with Gasteiger partial charge in [-0.1, -0.05) is 42.1 Å². The number of thioether (sulfide) groups is 1. The number of aryl methyl sites for hydroxylation is 2. The molecule has 9 heteroatoms. The van der Waals surface area contributed by atoms with E-state index in [0.29, 0.717) is 22.1 Å². The van der Waals surface area contributed by atoms with E-state index in [4.69, 9.17) is 0 Å². The molecule has 0 saturated carbocycles. The molecule has 1 aliphatic heterocycles. The van der Waals surface area contributed by atoms with Gasteiger partial charge in [0.1, 0.15) is 4.90 Å². The fourth-order valence-electron chi connectivity index (χ4n) is 3.22. The number of para-hydroxylation sites is 1. The van der Waals surface area contributed by atoms with Crippen LogP contribution in [0.25, 0.3) is 11.3 Å². The monoisotopic (exact) mass is 440 g/mol.